The molecule has 1 fully saturated rings. The molecule has 1 unspecified atom stereocenters. The van der Waals surface area contributed by atoms with E-state index in [1.807, 2.05) is 0 Å². The predicted octanol–water partition coefficient (Wildman–Crippen LogP) is 4.80. The van der Waals surface area contributed by atoms with E-state index in [-0.39, 0.29) is 0 Å². The molecule has 1 aliphatic rings. The normalized spacial score (nSPS) is 18.8. The van der Waals surface area contributed by atoms with Crippen molar-refractivity contribution in [2.45, 2.75) is 76.2 Å². The van der Waals surface area contributed by atoms with Crippen LogP contribution in [0.15, 0.2) is 30.3 Å². The molecule has 1 saturated carbocycles. The second kappa shape index (κ2) is 7.09. The van der Waals surface area contributed by atoms with Crippen LogP contribution in [0.3, 0.4) is 0 Å². The van der Waals surface area contributed by atoms with Crippen LogP contribution < -0.4 is 5.73 Å². The summed E-state index contributed by atoms with van der Waals surface area (Å²) in [6.45, 7) is 2.27. The molecule has 19 heavy (non-hydrogen) atoms. The molecule has 0 bridgehead atoms. The van der Waals surface area contributed by atoms with Gasteiger partial charge in [-0.1, -0.05) is 75.8 Å². The highest BCUT2D eigenvalue weighted by Crippen LogP contribution is 2.46. The van der Waals surface area contributed by atoms with E-state index < -0.39 is 0 Å². The molecule has 1 aromatic carbocycles. The summed E-state index contributed by atoms with van der Waals surface area (Å²) in [5.74, 6) is 0. The van der Waals surface area contributed by atoms with Crippen molar-refractivity contribution in [2.24, 2.45) is 5.73 Å². The van der Waals surface area contributed by atoms with Gasteiger partial charge in [0.1, 0.15) is 0 Å². The monoisotopic (exact) mass is 259 g/mol. The smallest absolute Gasteiger partial charge is 0.0136 e. The molecule has 1 nitrogen and oxygen atoms in total. The van der Waals surface area contributed by atoms with E-state index in [0.29, 0.717) is 11.5 Å². The lowest BCUT2D eigenvalue weighted by Crippen LogP contribution is -2.50. The highest BCUT2D eigenvalue weighted by atomic mass is 14.7. The van der Waals surface area contributed by atoms with E-state index >= 15 is 0 Å². The second-order valence-corrected chi connectivity index (χ2v) is 6.19. The number of unbranched alkanes of at least 4 members (excludes halogenated alkanes) is 4. The Morgan fingerprint density at radius 3 is 2.32 bits per heavy atom. The number of hydrogen-bond acceptors (Lipinski definition) is 1. The second-order valence-electron chi connectivity index (χ2n) is 6.19. The number of hydrogen-bond donors (Lipinski definition) is 1. The quantitative estimate of drug-likeness (QED) is 0.667. The minimum Gasteiger partial charge on any atom is -0.327 e. The Kier molecular flexibility index (Phi) is 5.45. The molecule has 0 heterocycles. The van der Waals surface area contributed by atoms with E-state index in [4.69, 9.17) is 5.73 Å². The van der Waals surface area contributed by atoms with Gasteiger partial charge in [-0.2, -0.15) is 0 Å². The zero-order valence-electron chi connectivity index (χ0n) is 12.4. The molecule has 1 atom stereocenters. The first-order valence-electron chi connectivity index (χ1n) is 8.11. The van der Waals surface area contributed by atoms with Crippen molar-refractivity contribution in [2.75, 3.05) is 0 Å². The van der Waals surface area contributed by atoms with Gasteiger partial charge in [0.15, 0.2) is 0 Å². The van der Waals surface area contributed by atoms with Crippen molar-refractivity contribution in [3.8, 4) is 0 Å². The Bertz CT molecular complexity index is 353. The van der Waals surface area contributed by atoms with Gasteiger partial charge < -0.3 is 5.73 Å². The summed E-state index contributed by atoms with van der Waals surface area (Å²) in [5, 5.41) is 0. The molecule has 1 aliphatic carbocycles. The minimum absolute atomic E-state index is 0.298. The first kappa shape index (κ1) is 14.6. The molecule has 1 aromatic rings. The molecule has 0 spiro atoms. The molecule has 0 saturated heterocycles. The Morgan fingerprint density at radius 2 is 1.74 bits per heavy atom. The topological polar surface area (TPSA) is 26.0 Å². The summed E-state index contributed by atoms with van der Waals surface area (Å²) in [6.07, 6.45) is 11.8. The molecular weight excluding hydrogens is 230 g/mol. The number of rotatable bonds is 8. The maximum Gasteiger partial charge on any atom is 0.0136 e. The predicted molar refractivity (Wildman–Crippen MR) is 83.3 cm³/mol. The minimum atomic E-state index is 0.298. The molecule has 1 heteroatoms. The fraction of sp³-hybridized carbons (Fsp3) is 0.667. The highest BCUT2D eigenvalue weighted by Gasteiger charge is 2.43. The molecule has 106 valence electrons. The third kappa shape index (κ3) is 3.39. The van der Waals surface area contributed by atoms with Gasteiger partial charge in [0.25, 0.3) is 0 Å². The Hall–Kier alpha value is -0.820. The summed E-state index contributed by atoms with van der Waals surface area (Å²) in [5.41, 5.74) is 8.33. The van der Waals surface area contributed by atoms with E-state index in [1.54, 1.807) is 0 Å². The molecule has 2 rings (SSSR count). The van der Waals surface area contributed by atoms with Gasteiger partial charge in [0.2, 0.25) is 0 Å². The van der Waals surface area contributed by atoms with Crippen LogP contribution in [0.4, 0.5) is 0 Å². The van der Waals surface area contributed by atoms with E-state index in [0.717, 1.165) is 0 Å². The lowest BCUT2D eigenvalue weighted by atomic mass is 9.59. The number of benzene rings is 1. The molecule has 2 N–H and O–H groups in total. The number of nitrogens with two attached hydrogens (primary N) is 1. The first-order chi connectivity index (χ1) is 9.29. The van der Waals surface area contributed by atoms with Gasteiger partial charge in [0, 0.05) is 11.5 Å². The van der Waals surface area contributed by atoms with E-state index in [1.165, 1.54) is 63.4 Å². The van der Waals surface area contributed by atoms with Gasteiger partial charge >= 0.3 is 0 Å². The highest BCUT2D eigenvalue weighted by molar-refractivity contribution is 5.30. The Morgan fingerprint density at radius 1 is 1.05 bits per heavy atom. The van der Waals surface area contributed by atoms with Crippen LogP contribution >= 0.6 is 0 Å². The fourth-order valence-electron chi connectivity index (χ4n) is 3.45. The van der Waals surface area contributed by atoms with Crippen LogP contribution in [0.25, 0.3) is 0 Å². The van der Waals surface area contributed by atoms with Crippen LogP contribution in [-0.2, 0) is 5.41 Å². The average molecular weight is 259 g/mol. The van der Waals surface area contributed by atoms with Crippen LogP contribution in [-0.4, -0.2) is 6.04 Å². The fourth-order valence-corrected chi connectivity index (χ4v) is 3.45. The Balaban J connectivity index is 1.87. The summed E-state index contributed by atoms with van der Waals surface area (Å²) >= 11 is 0. The van der Waals surface area contributed by atoms with Crippen molar-refractivity contribution in [1.82, 2.24) is 0 Å². The van der Waals surface area contributed by atoms with Crippen molar-refractivity contribution in [3.63, 3.8) is 0 Å². The lowest BCUT2D eigenvalue weighted by Gasteiger charge is -2.47. The van der Waals surface area contributed by atoms with Crippen LogP contribution in [0.5, 0.6) is 0 Å². The maximum absolute atomic E-state index is 6.56. The first-order valence-corrected chi connectivity index (χ1v) is 8.11. The van der Waals surface area contributed by atoms with Crippen LogP contribution in [0.1, 0.15) is 70.3 Å². The zero-order chi connectivity index (χ0) is 13.6. The summed E-state index contributed by atoms with van der Waals surface area (Å²) in [7, 11) is 0. The molecule has 0 aliphatic heterocycles. The van der Waals surface area contributed by atoms with E-state index in [2.05, 4.69) is 37.3 Å². The molecule has 0 radical (unpaired) electrons. The SMILES string of the molecule is CCCCCCCC(N)C1(c2ccccc2)CCC1. The van der Waals surface area contributed by atoms with Crippen molar-refractivity contribution < 1.29 is 0 Å². The van der Waals surface area contributed by atoms with Gasteiger partial charge in [-0.05, 0) is 24.8 Å². The largest absolute Gasteiger partial charge is 0.327 e. The van der Waals surface area contributed by atoms with Gasteiger partial charge in [-0.15, -0.1) is 0 Å². The molecule has 0 aromatic heterocycles. The van der Waals surface area contributed by atoms with Gasteiger partial charge in [0.05, 0.1) is 0 Å². The third-order valence-corrected chi connectivity index (χ3v) is 4.92. The van der Waals surface area contributed by atoms with Gasteiger partial charge in [-0.25, -0.2) is 0 Å². The summed E-state index contributed by atoms with van der Waals surface area (Å²) in [6, 6.07) is 11.3. The van der Waals surface area contributed by atoms with E-state index in [9.17, 15) is 0 Å². The van der Waals surface area contributed by atoms with Crippen molar-refractivity contribution >= 4 is 0 Å². The van der Waals surface area contributed by atoms with Crippen LogP contribution in [0, 0.1) is 0 Å². The lowest BCUT2D eigenvalue weighted by molar-refractivity contribution is 0.186. The Labute approximate surface area is 118 Å². The summed E-state index contributed by atoms with van der Waals surface area (Å²) < 4.78 is 0. The van der Waals surface area contributed by atoms with Crippen molar-refractivity contribution in [1.29, 1.82) is 0 Å². The molecular formula is C18H29N. The average Bonchev–Trinajstić information content (AvgIpc) is 2.38. The van der Waals surface area contributed by atoms with Gasteiger partial charge in [-0.3, -0.25) is 0 Å². The molecule has 0 amide bonds. The standard InChI is InChI=1S/C18H29N/c1-2-3-4-5-9-13-17(19)18(14-10-15-18)16-11-7-6-8-12-16/h6-8,11-12,17H,2-5,9-10,13-15,19H2,1H3. The van der Waals surface area contributed by atoms with Crippen molar-refractivity contribution in [3.05, 3.63) is 35.9 Å². The third-order valence-electron chi connectivity index (χ3n) is 4.92. The zero-order valence-corrected chi connectivity index (χ0v) is 12.4. The van der Waals surface area contributed by atoms with Crippen LogP contribution in [0.2, 0.25) is 0 Å². The summed E-state index contributed by atoms with van der Waals surface area (Å²) in [4.78, 5) is 0. The maximum atomic E-state index is 6.56.